The third kappa shape index (κ3) is 5.18. The van der Waals surface area contributed by atoms with E-state index in [4.69, 9.17) is 10.2 Å². The van der Waals surface area contributed by atoms with E-state index in [-0.39, 0.29) is 0 Å². The molecule has 4 heteroatoms. The fourth-order valence-electron chi connectivity index (χ4n) is 2.41. The van der Waals surface area contributed by atoms with Crippen LogP contribution in [0.5, 0.6) is 0 Å². The van der Waals surface area contributed by atoms with Crippen molar-refractivity contribution in [1.29, 1.82) is 0 Å². The first-order chi connectivity index (χ1) is 12.4. The molecule has 2 unspecified atom stereocenters. The summed E-state index contributed by atoms with van der Waals surface area (Å²) in [6, 6.07) is 14.9. The maximum atomic E-state index is 11.0. The minimum absolute atomic E-state index is 0.514. The van der Waals surface area contributed by atoms with Crippen LogP contribution in [0.3, 0.4) is 0 Å². The lowest BCUT2D eigenvalue weighted by Gasteiger charge is -2.06. The lowest BCUT2D eigenvalue weighted by atomic mass is 10.00. The van der Waals surface area contributed by atoms with Crippen LogP contribution in [0.1, 0.15) is 47.9 Å². The van der Waals surface area contributed by atoms with Gasteiger partial charge in [-0.15, -0.1) is 0 Å². The Labute approximate surface area is 153 Å². The van der Waals surface area contributed by atoms with Gasteiger partial charge in [0.25, 0.3) is 0 Å². The smallest absolute Gasteiger partial charge is 0.310 e. The average molecular weight is 350 g/mol. The highest BCUT2D eigenvalue weighted by Gasteiger charge is 2.13. The average Bonchev–Trinajstić information content (AvgIpc) is 2.65. The first kappa shape index (κ1) is 19.2. The zero-order valence-electron chi connectivity index (χ0n) is 14.8. The second-order valence-electron chi connectivity index (χ2n) is 6.17. The van der Waals surface area contributed by atoms with Crippen molar-refractivity contribution in [3.63, 3.8) is 0 Å². The fourth-order valence-corrected chi connectivity index (χ4v) is 2.41. The molecule has 0 radical (unpaired) electrons. The molecule has 2 atom stereocenters. The molecular formula is C22H22O4. The molecule has 26 heavy (non-hydrogen) atoms. The van der Waals surface area contributed by atoms with Gasteiger partial charge in [0.1, 0.15) is 0 Å². The molecule has 0 bridgehead atoms. The van der Waals surface area contributed by atoms with Gasteiger partial charge in [0, 0.05) is 0 Å². The quantitative estimate of drug-likeness (QED) is 0.704. The number of aliphatic carboxylic acids is 2. The minimum Gasteiger partial charge on any atom is -0.481 e. The first-order valence-corrected chi connectivity index (χ1v) is 8.38. The van der Waals surface area contributed by atoms with Crippen molar-refractivity contribution in [3.8, 4) is 0 Å². The number of benzene rings is 2. The van der Waals surface area contributed by atoms with Crippen molar-refractivity contribution < 1.29 is 19.8 Å². The Morgan fingerprint density at radius 1 is 0.692 bits per heavy atom. The van der Waals surface area contributed by atoms with Crippen LogP contribution in [0.4, 0.5) is 0 Å². The predicted molar refractivity (Wildman–Crippen MR) is 103 cm³/mol. The van der Waals surface area contributed by atoms with Crippen molar-refractivity contribution in [2.75, 3.05) is 0 Å². The van der Waals surface area contributed by atoms with Crippen LogP contribution >= 0.6 is 0 Å². The summed E-state index contributed by atoms with van der Waals surface area (Å²) >= 11 is 0. The van der Waals surface area contributed by atoms with Gasteiger partial charge in [0.2, 0.25) is 0 Å². The Balaban J connectivity index is 1.97. The van der Waals surface area contributed by atoms with E-state index in [1.165, 1.54) is 0 Å². The Morgan fingerprint density at radius 2 is 1.00 bits per heavy atom. The van der Waals surface area contributed by atoms with Crippen LogP contribution in [0, 0.1) is 0 Å². The van der Waals surface area contributed by atoms with Gasteiger partial charge in [-0.2, -0.15) is 0 Å². The molecular weight excluding hydrogens is 328 g/mol. The normalized spacial score (nSPS) is 13.8. The van der Waals surface area contributed by atoms with E-state index in [9.17, 15) is 9.59 Å². The molecule has 2 aromatic carbocycles. The van der Waals surface area contributed by atoms with Crippen molar-refractivity contribution in [1.82, 2.24) is 0 Å². The van der Waals surface area contributed by atoms with E-state index in [1.807, 2.05) is 72.8 Å². The molecule has 0 saturated heterocycles. The molecule has 2 rings (SSSR count). The number of rotatable bonds is 7. The van der Waals surface area contributed by atoms with Crippen molar-refractivity contribution in [2.24, 2.45) is 0 Å². The van der Waals surface area contributed by atoms with Gasteiger partial charge in [-0.3, -0.25) is 9.59 Å². The van der Waals surface area contributed by atoms with Crippen molar-refractivity contribution in [2.45, 2.75) is 25.7 Å². The highest BCUT2D eigenvalue weighted by molar-refractivity contribution is 5.76. The third-order valence-corrected chi connectivity index (χ3v) is 4.30. The summed E-state index contributed by atoms with van der Waals surface area (Å²) in [5.41, 5.74) is 3.53. The first-order valence-electron chi connectivity index (χ1n) is 8.38. The fraction of sp³-hybridized carbons (Fsp3) is 0.182. The van der Waals surface area contributed by atoms with Crippen molar-refractivity contribution >= 4 is 24.1 Å². The van der Waals surface area contributed by atoms with Crippen LogP contribution in [-0.4, -0.2) is 22.2 Å². The van der Waals surface area contributed by atoms with Crippen LogP contribution in [0.25, 0.3) is 12.2 Å². The zero-order valence-corrected chi connectivity index (χ0v) is 14.8. The van der Waals surface area contributed by atoms with E-state index in [0.717, 1.165) is 22.3 Å². The van der Waals surface area contributed by atoms with Gasteiger partial charge in [-0.05, 0) is 36.1 Å². The molecule has 0 aliphatic heterocycles. The van der Waals surface area contributed by atoms with E-state index in [1.54, 1.807) is 13.8 Å². The van der Waals surface area contributed by atoms with E-state index in [0.29, 0.717) is 0 Å². The summed E-state index contributed by atoms with van der Waals surface area (Å²) in [5, 5.41) is 18.0. The molecule has 0 amide bonds. The Hall–Kier alpha value is -3.14. The summed E-state index contributed by atoms with van der Waals surface area (Å²) in [4.78, 5) is 21.9. The molecule has 0 aliphatic rings. The lowest BCUT2D eigenvalue weighted by Crippen LogP contribution is -2.06. The second kappa shape index (κ2) is 8.81. The van der Waals surface area contributed by atoms with Gasteiger partial charge in [-0.25, -0.2) is 0 Å². The maximum Gasteiger partial charge on any atom is 0.310 e. The van der Waals surface area contributed by atoms with Gasteiger partial charge in [0.15, 0.2) is 0 Å². The van der Waals surface area contributed by atoms with Crippen molar-refractivity contribution in [3.05, 3.63) is 82.9 Å². The Bertz CT molecular complexity index is 743. The molecule has 0 aliphatic carbocycles. The molecule has 4 nitrogen and oxygen atoms in total. The van der Waals surface area contributed by atoms with E-state index >= 15 is 0 Å². The summed E-state index contributed by atoms with van der Waals surface area (Å²) in [6.45, 7) is 3.33. The number of carboxylic acids is 2. The molecule has 2 N–H and O–H groups in total. The topological polar surface area (TPSA) is 74.6 Å². The SMILES string of the molecule is CC(C(=O)O)c1ccc(/C=C/C=C/c2ccc(C(C)C(=O)O)cc2)cc1. The summed E-state index contributed by atoms with van der Waals surface area (Å²) in [5.74, 6) is -2.69. The van der Waals surface area contributed by atoms with Crippen LogP contribution in [0.2, 0.25) is 0 Å². The van der Waals surface area contributed by atoms with E-state index < -0.39 is 23.8 Å². The monoisotopic (exact) mass is 350 g/mol. The molecule has 0 heterocycles. The molecule has 2 aromatic rings. The van der Waals surface area contributed by atoms with E-state index in [2.05, 4.69) is 0 Å². The summed E-state index contributed by atoms with van der Waals surface area (Å²) in [7, 11) is 0. The summed E-state index contributed by atoms with van der Waals surface area (Å²) in [6.07, 6.45) is 7.69. The number of allylic oxidation sites excluding steroid dienone is 2. The number of carbonyl (C=O) groups is 2. The molecule has 0 spiro atoms. The molecule has 134 valence electrons. The maximum absolute atomic E-state index is 11.0. The Kier molecular flexibility index (Phi) is 6.50. The van der Waals surface area contributed by atoms with Crippen LogP contribution in [-0.2, 0) is 9.59 Å². The lowest BCUT2D eigenvalue weighted by molar-refractivity contribution is -0.139. The largest absolute Gasteiger partial charge is 0.481 e. The Morgan fingerprint density at radius 3 is 1.27 bits per heavy atom. The standard InChI is InChI=1S/C22H22O4/c1-15(21(23)24)19-11-7-17(8-12-19)5-3-4-6-18-9-13-20(14-10-18)16(2)22(25)26/h3-16H,1-2H3,(H,23,24)(H,25,26)/b5-3+,6-4+. The molecule has 0 saturated carbocycles. The molecule has 0 fully saturated rings. The van der Waals surface area contributed by atoms with Gasteiger partial charge in [0.05, 0.1) is 11.8 Å². The minimum atomic E-state index is -0.833. The number of hydrogen-bond donors (Lipinski definition) is 2. The van der Waals surface area contributed by atoms with Crippen LogP contribution in [0.15, 0.2) is 60.7 Å². The highest BCUT2D eigenvalue weighted by atomic mass is 16.4. The second-order valence-corrected chi connectivity index (χ2v) is 6.17. The predicted octanol–water partition coefficient (Wildman–Crippen LogP) is 4.79. The molecule has 0 aromatic heterocycles. The van der Waals surface area contributed by atoms with Gasteiger partial charge >= 0.3 is 11.9 Å². The number of hydrogen-bond acceptors (Lipinski definition) is 2. The van der Waals surface area contributed by atoms with Gasteiger partial charge in [-0.1, -0.05) is 72.8 Å². The van der Waals surface area contributed by atoms with Gasteiger partial charge < -0.3 is 10.2 Å². The van der Waals surface area contributed by atoms with Crippen LogP contribution < -0.4 is 0 Å². The highest BCUT2D eigenvalue weighted by Crippen LogP contribution is 2.18. The number of carboxylic acid groups (broad SMARTS) is 2. The summed E-state index contributed by atoms with van der Waals surface area (Å²) < 4.78 is 0. The zero-order chi connectivity index (χ0) is 19.1. The third-order valence-electron chi connectivity index (χ3n) is 4.30.